The number of halogens is 2. The van der Waals surface area contributed by atoms with Gasteiger partial charge in [0.05, 0.1) is 19.2 Å². The van der Waals surface area contributed by atoms with Crippen LogP contribution in [0.3, 0.4) is 0 Å². The number of methoxy groups -OCH3 is 1. The predicted molar refractivity (Wildman–Crippen MR) is 154 cm³/mol. The fourth-order valence-electron chi connectivity index (χ4n) is 5.02. The van der Waals surface area contributed by atoms with Crippen molar-refractivity contribution >= 4 is 27.6 Å². The van der Waals surface area contributed by atoms with Crippen molar-refractivity contribution < 1.29 is 23.0 Å². The van der Waals surface area contributed by atoms with Gasteiger partial charge in [-0.3, -0.25) is 13.9 Å². The van der Waals surface area contributed by atoms with E-state index in [2.05, 4.69) is 0 Å². The lowest BCUT2D eigenvalue weighted by molar-refractivity contribution is 0.0186. The Hall–Kier alpha value is -3.99. The predicted octanol–water partition coefficient (Wildman–Crippen LogP) is 5.80. The molecule has 0 N–H and O–H groups in total. The summed E-state index contributed by atoms with van der Waals surface area (Å²) < 4.78 is 41.7. The summed E-state index contributed by atoms with van der Waals surface area (Å²) in [6.07, 6.45) is 0.362. The monoisotopic (exact) mass is 583 g/mol. The highest BCUT2D eigenvalue weighted by Gasteiger charge is 2.30. The number of rotatable bonds is 5. The normalized spacial score (nSPS) is 14.4. The summed E-state index contributed by atoms with van der Waals surface area (Å²) >= 11 is 1.22. The SMILES string of the molecule is COc1ccc(Cn2c(=O)n(C3CCN(C(=O)OC(C)(C)C)CC3)c(=O)c3sc(-c4ccc(F)cc4)cc32)cc1F. The minimum absolute atomic E-state index is 0.0207. The number of benzene rings is 2. The fourth-order valence-corrected chi connectivity index (χ4v) is 6.12. The number of likely N-dealkylation sites (tertiary alicyclic amines) is 1. The number of aromatic nitrogens is 2. The Kier molecular flexibility index (Phi) is 7.74. The Morgan fingerprint density at radius 2 is 1.71 bits per heavy atom. The molecule has 2 aromatic carbocycles. The molecule has 0 bridgehead atoms. The summed E-state index contributed by atoms with van der Waals surface area (Å²) in [6.45, 7) is 6.07. The number of hydrogen-bond acceptors (Lipinski definition) is 6. The van der Waals surface area contributed by atoms with Crippen molar-refractivity contribution in [2.24, 2.45) is 0 Å². The van der Waals surface area contributed by atoms with Crippen molar-refractivity contribution in [3.63, 3.8) is 0 Å². The second-order valence-electron chi connectivity index (χ2n) is 11.0. The maximum absolute atomic E-state index is 14.5. The highest BCUT2D eigenvalue weighted by atomic mass is 32.1. The van der Waals surface area contributed by atoms with Crippen LogP contribution in [0.15, 0.2) is 58.1 Å². The number of thiophene rings is 1. The number of hydrogen-bond donors (Lipinski definition) is 0. The lowest BCUT2D eigenvalue weighted by atomic mass is 10.1. The van der Waals surface area contributed by atoms with E-state index >= 15 is 0 Å². The Morgan fingerprint density at radius 3 is 2.32 bits per heavy atom. The lowest BCUT2D eigenvalue weighted by Crippen LogP contribution is -2.47. The summed E-state index contributed by atoms with van der Waals surface area (Å²) in [6, 6.07) is 11.7. The van der Waals surface area contributed by atoms with Crippen molar-refractivity contribution in [1.29, 1.82) is 0 Å². The lowest BCUT2D eigenvalue weighted by Gasteiger charge is -2.34. The number of amides is 1. The van der Waals surface area contributed by atoms with Gasteiger partial charge in [0.2, 0.25) is 0 Å². The van der Waals surface area contributed by atoms with Gasteiger partial charge in [-0.05, 0) is 75.1 Å². The number of ether oxygens (including phenoxy) is 2. The van der Waals surface area contributed by atoms with Gasteiger partial charge in [-0.2, -0.15) is 0 Å². The second kappa shape index (κ2) is 11.1. The maximum atomic E-state index is 14.5. The molecule has 3 heterocycles. The fraction of sp³-hybridized carbons (Fsp3) is 0.367. The van der Waals surface area contributed by atoms with Crippen LogP contribution < -0.4 is 16.0 Å². The van der Waals surface area contributed by atoms with E-state index in [1.165, 1.54) is 51.8 Å². The molecule has 0 spiro atoms. The first kappa shape index (κ1) is 28.5. The Balaban J connectivity index is 1.57. The number of carbonyl (C=O) groups excluding carboxylic acids is 1. The zero-order valence-electron chi connectivity index (χ0n) is 23.3. The standard InChI is InChI=1S/C30H31F2N3O5S/c1-30(2,3)40-29(38)33-13-11-21(12-14-33)35-27(36)26-23(16-25(41-26)19-6-8-20(31)9-7-19)34(28(35)37)17-18-5-10-24(39-4)22(32)15-18/h5-10,15-16,21H,11-14,17H2,1-4H3. The number of fused-ring (bicyclic) bond motifs is 1. The van der Waals surface area contributed by atoms with Gasteiger partial charge >= 0.3 is 11.8 Å². The van der Waals surface area contributed by atoms with Crippen LogP contribution >= 0.6 is 11.3 Å². The van der Waals surface area contributed by atoms with Crippen molar-refractivity contribution in [2.45, 2.75) is 51.8 Å². The Morgan fingerprint density at radius 1 is 1.02 bits per heavy atom. The minimum atomic E-state index is -0.633. The van der Waals surface area contributed by atoms with Crippen molar-refractivity contribution in [3.8, 4) is 16.2 Å². The van der Waals surface area contributed by atoms with Crippen molar-refractivity contribution in [2.75, 3.05) is 20.2 Å². The molecule has 11 heteroatoms. The van der Waals surface area contributed by atoms with E-state index in [0.29, 0.717) is 52.2 Å². The number of nitrogens with zero attached hydrogens (tertiary/aromatic N) is 3. The highest BCUT2D eigenvalue weighted by molar-refractivity contribution is 7.22. The Bertz CT molecular complexity index is 1710. The molecule has 1 saturated heterocycles. The molecule has 0 unspecified atom stereocenters. The first-order valence-corrected chi connectivity index (χ1v) is 14.1. The van der Waals surface area contributed by atoms with Gasteiger partial charge < -0.3 is 14.4 Å². The average molecular weight is 584 g/mol. The zero-order chi connectivity index (χ0) is 29.5. The largest absolute Gasteiger partial charge is 0.494 e. The van der Waals surface area contributed by atoms with Gasteiger partial charge in [0.25, 0.3) is 5.56 Å². The molecule has 4 aromatic rings. The minimum Gasteiger partial charge on any atom is -0.494 e. The van der Waals surface area contributed by atoms with Gasteiger partial charge in [-0.1, -0.05) is 18.2 Å². The van der Waals surface area contributed by atoms with Gasteiger partial charge in [-0.15, -0.1) is 11.3 Å². The summed E-state index contributed by atoms with van der Waals surface area (Å²) in [4.78, 5) is 42.6. The molecule has 0 radical (unpaired) electrons. The third-order valence-corrected chi connectivity index (χ3v) is 8.18. The van der Waals surface area contributed by atoms with Crippen molar-refractivity contribution in [3.05, 3.63) is 86.6 Å². The molecule has 0 aliphatic carbocycles. The van der Waals surface area contributed by atoms with E-state index < -0.39 is 34.8 Å². The molecule has 0 atom stereocenters. The van der Waals surface area contributed by atoms with Crippen LogP contribution in [0.1, 0.15) is 45.2 Å². The molecular weight excluding hydrogens is 552 g/mol. The summed E-state index contributed by atoms with van der Waals surface area (Å²) in [5, 5.41) is 0. The number of piperidine rings is 1. The Labute approximate surface area is 239 Å². The first-order chi connectivity index (χ1) is 19.4. The molecule has 1 fully saturated rings. The van der Waals surface area contributed by atoms with Crippen molar-refractivity contribution in [1.82, 2.24) is 14.0 Å². The molecule has 8 nitrogen and oxygen atoms in total. The van der Waals surface area contributed by atoms with Crippen LogP contribution in [0.5, 0.6) is 5.75 Å². The van der Waals surface area contributed by atoms with E-state index in [-0.39, 0.29) is 18.1 Å². The van der Waals surface area contributed by atoms with E-state index in [4.69, 9.17) is 9.47 Å². The first-order valence-electron chi connectivity index (χ1n) is 13.3. The third-order valence-electron chi connectivity index (χ3n) is 7.02. The molecule has 41 heavy (non-hydrogen) atoms. The highest BCUT2D eigenvalue weighted by Crippen LogP contribution is 2.33. The molecule has 1 aliphatic rings. The average Bonchev–Trinajstić information content (AvgIpc) is 3.37. The third kappa shape index (κ3) is 5.90. The van der Waals surface area contributed by atoms with Crippen LogP contribution in [-0.2, 0) is 11.3 Å². The topological polar surface area (TPSA) is 82.8 Å². The van der Waals surface area contributed by atoms with E-state index in [1.54, 1.807) is 49.9 Å². The van der Waals surface area contributed by atoms with Gasteiger partial charge in [0.15, 0.2) is 11.6 Å². The van der Waals surface area contributed by atoms with Gasteiger partial charge in [0.1, 0.15) is 16.1 Å². The molecule has 5 rings (SSSR count). The summed E-state index contributed by atoms with van der Waals surface area (Å²) in [7, 11) is 1.37. The van der Waals surface area contributed by atoms with Gasteiger partial charge in [0, 0.05) is 24.0 Å². The van der Waals surface area contributed by atoms with E-state index in [9.17, 15) is 23.2 Å². The van der Waals surface area contributed by atoms with Crippen LogP contribution in [0.2, 0.25) is 0 Å². The van der Waals surface area contributed by atoms with Gasteiger partial charge in [-0.25, -0.2) is 18.4 Å². The molecule has 1 aliphatic heterocycles. The zero-order valence-corrected chi connectivity index (χ0v) is 24.1. The van der Waals surface area contributed by atoms with Crippen LogP contribution in [0.4, 0.5) is 13.6 Å². The van der Waals surface area contributed by atoms with Crippen LogP contribution in [0.25, 0.3) is 20.7 Å². The maximum Gasteiger partial charge on any atom is 0.410 e. The second-order valence-corrected chi connectivity index (χ2v) is 12.1. The number of carbonyl (C=O) groups is 1. The van der Waals surface area contributed by atoms with Crippen LogP contribution in [-0.4, -0.2) is 45.9 Å². The van der Waals surface area contributed by atoms with E-state index in [0.717, 1.165) is 0 Å². The summed E-state index contributed by atoms with van der Waals surface area (Å²) in [5.41, 5.74) is 0.0772. The van der Waals surface area contributed by atoms with E-state index in [1.807, 2.05) is 0 Å². The molecular formula is C30H31F2N3O5S. The quantitative estimate of drug-likeness (QED) is 0.297. The molecule has 2 aromatic heterocycles. The summed E-state index contributed by atoms with van der Waals surface area (Å²) in [5.74, 6) is -0.857. The molecule has 1 amide bonds. The van der Waals surface area contributed by atoms with Crippen LogP contribution in [0, 0.1) is 11.6 Å². The smallest absolute Gasteiger partial charge is 0.410 e. The molecule has 216 valence electrons. The molecule has 0 saturated carbocycles.